The van der Waals surface area contributed by atoms with E-state index in [0.29, 0.717) is 5.69 Å². The lowest BCUT2D eigenvalue weighted by Gasteiger charge is -2.10. The fourth-order valence-corrected chi connectivity index (χ4v) is 3.14. The zero-order valence-electron chi connectivity index (χ0n) is 11.6. The predicted octanol–water partition coefficient (Wildman–Crippen LogP) is 3.76. The number of carbonyl (C=O) groups is 1. The smallest absolute Gasteiger partial charge is 0.358 e. The molecule has 0 amide bonds. The van der Waals surface area contributed by atoms with Crippen molar-refractivity contribution in [2.75, 3.05) is 14.2 Å². The van der Waals surface area contributed by atoms with Crippen LogP contribution in [0.25, 0.3) is 21.2 Å². The van der Waals surface area contributed by atoms with Crippen molar-refractivity contribution >= 4 is 28.1 Å². The lowest BCUT2D eigenvalue weighted by atomic mass is 10.0. The van der Waals surface area contributed by atoms with Gasteiger partial charge in [-0.25, -0.2) is 9.78 Å². The number of hydrogen-bond acceptors (Lipinski definition) is 5. The van der Waals surface area contributed by atoms with E-state index in [4.69, 9.17) is 9.47 Å². The molecule has 0 aliphatic carbocycles. The third kappa shape index (κ3) is 2.25. The highest BCUT2D eigenvalue weighted by Crippen LogP contribution is 2.37. The highest BCUT2D eigenvalue weighted by molar-refractivity contribution is 7.13. The second-order valence-electron chi connectivity index (χ2n) is 4.38. The molecule has 0 spiro atoms. The average Bonchev–Trinajstić information content (AvgIpc) is 3.02. The van der Waals surface area contributed by atoms with E-state index < -0.39 is 5.97 Å². The minimum absolute atomic E-state index is 0.345. The summed E-state index contributed by atoms with van der Waals surface area (Å²) in [5.41, 5.74) is 2.95. The molecule has 106 valence electrons. The third-order valence-corrected chi connectivity index (χ3v) is 4.15. The van der Waals surface area contributed by atoms with Crippen LogP contribution in [-0.2, 0) is 4.74 Å². The number of aromatic nitrogens is 1. The molecule has 0 radical (unpaired) electrons. The van der Waals surface area contributed by atoms with E-state index in [9.17, 15) is 4.79 Å². The van der Waals surface area contributed by atoms with Gasteiger partial charge in [0, 0.05) is 10.9 Å². The average molecular weight is 299 g/mol. The van der Waals surface area contributed by atoms with Crippen molar-refractivity contribution < 1.29 is 14.3 Å². The summed E-state index contributed by atoms with van der Waals surface area (Å²) in [5, 5.41) is 2.02. The van der Waals surface area contributed by atoms with Gasteiger partial charge in [-0.15, -0.1) is 11.3 Å². The molecule has 0 N–H and O–H groups in total. The lowest BCUT2D eigenvalue weighted by Crippen LogP contribution is -2.03. The van der Waals surface area contributed by atoms with Crippen molar-refractivity contribution in [2.45, 2.75) is 0 Å². The first kappa shape index (κ1) is 13.6. The van der Waals surface area contributed by atoms with Crippen LogP contribution in [0.3, 0.4) is 0 Å². The Kier molecular flexibility index (Phi) is 3.58. The van der Waals surface area contributed by atoms with Crippen LogP contribution >= 0.6 is 11.3 Å². The van der Waals surface area contributed by atoms with Gasteiger partial charge in [0.15, 0.2) is 5.69 Å². The normalized spacial score (nSPS) is 10.6. The summed E-state index contributed by atoms with van der Waals surface area (Å²) in [6, 6.07) is 11.8. The fraction of sp³-hybridized carbons (Fsp3) is 0.125. The van der Waals surface area contributed by atoms with Gasteiger partial charge < -0.3 is 9.47 Å². The summed E-state index contributed by atoms with van der Waals surface area (Å²) >= 11 is 1.42. The van der Waals surface area contributed by atoms with E-state index in [0.717, 1.165) is 27.0 Å². The highest BCUT2D eigenvalue weighted by Gasteiger charge is 2.19. The Morgan fingerprint density at radius 1 is 1.10 bits per heavy atom. The van der Waals surface area contributed by atoms with Crippen molar-refractivity contribution in [3.63, 3.8) is 0 Å². The molecule has 5 heteroatoms. The van der Waals surface area contributed by atoms with Crippen molar-refractivity contribution in [2.24, 2.45) is 0 Å². The van der Waals surface area contributed by atoms with Gasteiger partial charge in [-0.1, -0.05) is 24.3 Å². The van der Waals surface area contributed by atoms with Crippen LogP contribution in [0.15, 0.2) is 41.9 Å². The van der Waals surface area contributed by atoms with Gasteiger partial charge in [-0.3, -0.25) is 0 Å². The molecule has 1 heterocycles. The second kappa shape index (κ2) is 5.54. The predicted molar refractivity (Wildman–Crippen MR) is 82.9 cm³/mol. The molecule has 0 fully saturated rings. The quantitative estimate of drug-likeness (QED) is 0.691. The van der Waals surface area contributed by atoms with Crippen LogP contribution in [0.2, 0.25) is 0 Å². The monoisotopic (exact) mass is 299 g/mol. The van der Waals surface area contributed by atoms with Crippen LogP contribution in [0.5, 0.6) is 5.75 Å². The maximum Gasteiger partial charge on any atom is 0.358 e. The number of nitrogens with zero attached hydrogens (tertiary/aromatic N) is 1. The van der Waals surface area contributed by atoms with Gasteiger partial charge >= 0.3 is 5.97 Å². The summed E-state index contributed by atoms with van der Waals surface area (Å²) in [7, 11) is 3.01. The molecule has 0 atom stereocenters. The van der Waals surface area contributed by atoms with Crippen LogP contribution in [0.1, 0.15) is 10.5 Å². The SMILES string of the molecule is COC(=O)c1ncsc1-c1ccc(OC)c2ccccc12. The second-order valence-corrected chi connectivity index (χ2v) is 5.24. The number of carbonyl (C=O) groups excluding carboxylic acids is 1. The molecule has 2 aromatic carbocycles. The van der Waals surface area contributed by atoms with Crippen molar-refractivity contribution in [3.8, 4) is 16.2 Å². The Labute approximate surface area is 126 Å². The van der Waals surface area contributed by atoms with Crippen molar-refractivity contribution in [1.82, 2.24) is 4.98 Å². The minimum atomic E-state index is -0.425. The fourth-order valence-electron chi connectivity index (χ4n) is 2.33. The number of esters is 1. The molecule has 0 aliphatic rings. The van der Waals surface area contributed by atoms with Gasteiger partial charge in [0.25, 0.3) is 0 Å². The van der Waals surface area contributed by atoms with E-state index in [-0.39, 0.29) is 0 Å². The van der Waals surface area contributed by atoms with Crippen LogP contribution in [0.4, 0.5) is 0 Å². The summed E-state index contributed by atoms with van der Waals surface area (Å²) in [6.07, 6.45) is 0. The molecule has 21 heavy (non-hydrogen) atoms. The molecule has 3 aromatic rings. The first-order valence-electron chi connectivity index (χ1n) is 6.34. The third-order valence-electron chi connectivity index (χ3n) is 3.29. The summed E-state index contributed by atoms with van der Waals surface area (Å²) < 4.78 is 10.2. The highest BCUT2D eigenvalue weighted by atomic mass is 32.1. The topological polar surface area (TPSA) is 48.4 Å². The van der Waals surface area contributed by atoms with E-state index in [1.54, 1.807) is 12.6 Å². The van der Waals surface area contributed by atoms with Crippen molar-refractivity contribution in [1.29, 1.82) is 0 Å². The summed E-state index contributed by atoms with van der Waals surface area (Å²) in [5.74, 6) is 0.379. The van der Waals surface area contributed by atoms with Gasteiger partial charge in [0.1, 0.15) is 5.75 Å². The molecule has 0 saturated carbocycles. The molecular formula is C16H13NO3S. The van der Waals surface area contributed by atoms with E-state index in [1.165, 1.54) is 18.4 Å². The first-order valence-corrected chi connectivity index (χ1v) is 7.22. The summed E-state index contributed by atoms with van der Waals surface area (Å²) in [6.45, 7) is 0. The molecule has 4 nitrogen and oxygen atoms in total. The van der Waals surface area contributed by atoms with E-state index >= 15 is 0 Å². The van der Waals surface area contributed by atoms with Crippen LogP contribution in [-0.4, -0.2) is 25.2 Å². The molecular weight excluding hydrogens is 286 g/mol. The van der Waals surface area contributed by atoms with E-state index in [1.807, 2.05) is 36.4 Å². The maximum absolute atomic E-state index is 11.8. The molecule has 0 saturated heterocycles. The number of benzene rings is 2. The Morgan fingerprint density at radius 2 is 1.86 bits per heavy atom. The lowest BCUT2D eigenvalue weighted by molar-refractivity contribution is 0.0596. The Bertz CT molecular complexity index is 810. The number of thiazole rings is 1. The number of hydrogen-bond donors (Lipinski definition) is 0. The molecule has 3 rings (SSSR count). The molecule has 1 aromatic heterocycles. The Hall–Kier alpha value is -2.40. The van der Waals surface area contributed by atoms with Gasteiger partial charge in [-0.05, 0) is 17.5 Å². The number of fused-ring (bicyclic) bond motifs is 1. The number of ether oxygens (including phenoxy) is 2. The van der Waals surface area contributed by atoms with Gasteiger partial charge in [0.2, 0.25) is 0 Å². The molecule has 0 aliphatic heterocycles. The minimum Gasteiger partial charge on any atom is -0.496 e. The van der Waals surface area contributed by atoms with E-state index in [2.05, 4.69) is 4.98 Å². The standard InChI is InChI=1S/C16H13NO3S/c1-19-13-8-7-12(10-5-3-4-6-11(10)13)15-14(16(18)20-2)17-9-21-15/h3-9H,1-2H3. The zero-order chi connectivity index (χ0) is 14.8. The van der Waals surface area contributed by atoms with Crippen LogP contribution in [0, 0.1) is 0 Å². The maximum atomic E-state index is 11.8. The number of methoxy groups -OCH3 is 2. The van der Waals surface area contributed by atoms with Gasteiger partial charge in [0.05, 0.1) is 24.6 Å². The molecule has 0 unspecified atom stereocenters. The summed E-state index contributed by atoms with van der Waals surface area (Å²) in [4.78, 5) is 16.8. The van der Waals surface area contributed by atoms with Gasteiger partial charge in [-0.2, -0.15) is 0 Å². The van der Waals surface area contributed by atoms with Crippen molar-refractivity contribution in [3.05, 3.63) is 47.6 Å². The Morgan fingerprint density at radius 3 is 2.57 bits per heavy atom. The zero-order valence-corrected chi connectivity index (χ0v) is 12.4. The number of rotatable bonds is 3. The largest absolute Gasteiger partial charge is 0.496 e. The van der Waals surface area contributed by atoms with Crippen LogP contribution < -0.4 is 4.74 Å². The Balaban J connectivity index is 2.27. The molecule has 0 bridgehead atoms. The first-order chi connectivity index (χ1) is 10.3.